The van der Waals surface area contributed by atoms with Crippen molar-refractivity contribution in [1.29, 1.82) is 0 Å². The van der Waals surface area contributed by atoms with Crippen LogP contribution in [0.15, 0.2) is 0 Å². The Morgan fingerprint density at radius 2 is 1.57 bits per heavy atom. The molecule has 0 rings (SSSR count). The van der Waals surface area contributed by atoms with Gasteiger partial charge in [0.05, 0.1) is 0 Å². The van der Waals surface area contributed by atoms with Gasteiger partial charge in [-0.05, 0) is 0 Å². The summed E-state index contributed by atoms with van der Waals surface area (Å²) in [6, 6.07) is 0. The number of halogens is 1. The minimum Gasteiger partial charge on any atom is -0.565 e. The first-order valence-electron chi connectivity index (χ1n) is 0.632. The van der Waals surface area contributed by atoms with Gasteiger partial charge >= 0.3 is 51.4 Å². The van der Waals surface area contributed by atoms with Crippen LogP contribution in [-0.2, 0) is 0 Å². The molecule has 4 nitrogen and oxygen atoms in total. The average molecular weight is 154 g/mol. The Morgan fingerprint density at radius 3 is 1.57 bits per heavy atom. The van der Waals surface area contributed by atoms with Gasteiger partial charge in [-0.25, -0.2) is 0 Å². The number of carbonyl (C=O) groups is 1. The van der Waals surface area contributed by atoms with Crippen molar-refractivity contribution in [2.24, 2.45) is 0 Å². The first-order valence-corrected chi connectivity index (χ1v) is 0.632. The molecular weight excluding hydrogens is 149 g/mol. The van der Waals surface area contributed by atoms with E-state index >= 15 is 0 Å². The molecule has 0 saturated heterocycles. The molecule has 0 unspecified atom stereocenters. The van der Waals surface area contributed by atoms with Crippen LogP contribution in [0.2, 0.25) is 0 Å². The van der Waals surface area contributed by atoms with E-state index in [1.54, 1.807) is 0 Å². The summed E-state index contributed by atoms with van der Waals surface area (Å²) in [5.41, 5.74) is 0. The van der Waals surface area contributed by atoms with Crippen LogP contribution in [0.1, 0.15) is 0 Å². The number of rotatable bonds is 0. The predicted octanol–water partition coefficient (Wildman–Crippen LogP) is -3.52. The van der Waals surface area contributed by atoms with Crippen molar-refractivity contribution in [2.75, 3.05) is 0 Å². The van der Waals surface area contributed by atoms with Crippen LogP contribution in [-0.4, -0.2) is 11.3 Å². The summed E-state index contributed by atoms with van der Waals surface area (Å²) in [4.78, 5) is 8.44. The van der Waals surface area contributed by atoms with Crippen molar-refractivity contribution >= 4 is 18.6 Å². The molecule has 0 heterocycles. The summed E-state index contributed by atoms with van der Waals surface area (Å²) >= 11 is 0. The molecule has 0 bridgehead atoms. The van der Waals surface area contributed by atoms with Crippen molar-refractivity contribution in [2.45, 2.75) is 0 Å². The maximum atomic E-state index is 8.44. The zero-order valence-corrected chi connectivity index (χ0v) is 7.82. The van der Waals surface area contributed by atoms with Crippen LogP contribution >= 0.6 is 12.4 Å². The Labute approximate surface area is 89.7 Å². The van der Waals surface area contributed by atoms with Gasteiger partial charge in [-0.15, -0.1) is 12.4 Å². The first kappa shape index (κ1) is 24.2. The molecule has 0 atom stereocenters. The number of carboxylic acid groups (broad SMARTS) is 2. The molecule has 0 aliphatic heterocycles. The van der Waals surface area contributed by atoms with Crippen molar-refractivity contribution in [3.63, 3.8) is 0 Å². The van der Waals surface area contributed by atoms with E-state index in [0.29, 0.717) is 0 Å². The standard InChI is InChI=1S/CH2O3.ClH.K.H3N/c2-1(3)4;;;/h(H2,2,3,4);1H;;1H3/q;;+1;/p-1. The third-order valence-electron chi connectivity index (χ3n) is 0. The maximum absolute atomic E-state index is 8.44. The molecule has 0 aliphatic carbocycles. The van der Waals surface area contributed by atoms with Crippen LogP contribution in [0.25, 0.3) is 0 Å². The quantitative estimate of drug-likeness (QED) is 0.353. The summed E-state index contributed by atoms with van der Waals surface area (Å²) in [6.07, 6.45) is -2.08. The van der Waals surface area contributed by atoms with Crippen LogP contribution in [0.5, 0.6) is 0 Å². The van der Waals surface area contributed by atoms with Crippen LogP contribution in [0.4, 0.5) is 4.79 Å². The Balaban J connectivity index is -0.0000000150. The van der Waals surface area contributed by atoms with Gasteiger partial charge in [0.2, 0.25) is 6.16 Å². The fourth-order valence-electron chi connectivity index (χ4n) is 0. The molecule has 0 radical (unpaired) electrons. The Bertz CT molecular complexity index is 37.9. The average Bonchev–Trinajstić information content (AvgIpc) is 0.811. The van der Waals surface area contributed by atoms with E-state index in [4.69, 9.17) is 15.0 Å². The molecule has 0 spiro atoms. The second kappa shape index (κ2) is 15.7. The first-order chi connectivity index (χ1) is 1.73. The topological polar surface area (TPSA) is 95.4 Å². The predicted molar refractivity (Wildman–Crippen MR) is 20.3 cm³/mol. The fraction of sp³-hybridized carbons (Fsp3) is 0. The van der Waals surface area contributed by atoms with E-state index in [2.05, 4.69) is 0 Å². The summed E-state index contributed by atoms with van der Waals surface area (Å²) in [5.74, 6) is 0. The molecule has 0 saturated carbocycles. The summed E-state index contributed by atoms with van der Waals surface area (Å²) < 4.78 is 0. The molecule has 6 heteroatoms. The van der Waals surface area contributed by atoms with Crippen molar-refractivity contribution in [1.82, 2.24) is 6.15 Å². The van der Waals surface area contributed by atoms with Gasteiger partial charge in [0.25, 0.3) is 0 Å². The van der Waals surface area contributed by atoms with Gasteiger partial charge in [0, 0.05) is 0 Å². The van der Waals surface area contributed by atoms with E-state index in [-0.39, 0.29) is 69.9 Å². The van der Waals surface area contributed by atoms with Crippen LogP contribution in [0.3, 0.4) is 0 Å². The Morgan fingerprint density at radius 1 is 1.57 bits per heavy atom. The molecule has 0 aromatic rings. The van der Waals surface area contributed by atoms with Crippen LogP contribution in [0, 0.1) is 0 Å². The molecular formula is CH5ClKNO3. The molecule has 0 aliphatic rings. The van der Waals surface area contributed by atoms with E-state index in [1.807, 2.05) is 0 Å². The fourth-order valence-corrected chi connectivity index (χ4v) is 0. The molecule has 0 aromatic carbocycles. The zero-order chi connectivity index (χ0) is 3.58. The Kier molecular flexibility index (Phi) is 54.2. The molecule has 0 aromatic heterocycles. The summed E-state index contributed by atoms with van der Waals surface area (Å²) in [6.45, 7) is 0. The van der Waals surface area contributed by atoms with Gasteiger partial charge in [-0.3, -0.25) is 0 Å². The van der Waals surface area contributed by atoms with Gasteiger partial charge < -0.3 is 21.2 Å². The van der Waals surface area contributed by atoms with Gasteiger partial charge in [-0.1, -0.05) is 0 Å². The van der Waals surface area contributed by atoms with E-state index < -0.39 is 6.16 Å². The molecule has 7 heavy (non-hydrogen) atoms. The van der Waals surface area contributed by atoms with Crippen molar-refractivity contribution in [3.05, 3.63) is 0 Å². The van der Waals surface area contributed by atoms with Crippen LogP contribution < -0.4 is 62.6 Å². The Hall–Kier alpha value is 1.16. The van der Waals surface area contributed by atoms with Gasteiger partial charge in [0.1, 0.15) is 0 Å². The van der Waals surface area contributed by atoms with Crippen molar-refractivity contribution < 1.29 is 66.4 Å². The normalized spacial score (nSPS) is 3.43. The largest absolute Gasteiger partial charge is 1.00 e. The monoisotopic (exact) mass is 153 g/mol. The third-order valence-corrected chi connectivity index (χ3v) is 0. The van der Waals surface area contributed by atoms with E-state index in [0.717, 1.165) is 0 Å². The summed E-state index contributed by atoms with van der Waals surface area (Å²) in [7, 11) is 0. The summed E-state index contributed by atoms with van der Waals surface area (Å²) in [5, 5.41) is 15.3. The smallest absolute Gasteiger partial charge is 0.565 e. The zero-order valence-electron chi connectivity index (χ0n) is 3.88. The second-order valence-corrected chi connectivity index (χ2v) is 0.266. The maximum Gasteiger partial charge on any atom is 1.00 e. The van der Waals surface area contributed by atoms with E-state index in [1.165, 1.54) is 0 Å². The minimum atomic E-state index is -2.08. The van der Waals surface area contributed by atoms with Gasteiger partial charge in [0.15, 0.2) is 0 Å². The third kappa shape index (κ3) is 142. The molecule has 0 amide bonds. The minimum absolute atomic E-state index is 0. The number of hydrogen-bond donors (Lipinski definition) is 2. The van der Waals surface area contributed by atoms with Gasteiger partial charge in [-0.2, -0.15) is 0 Å². The van der Waals surface area contributed by atoms with E-state index in [9.17, 15) is 0 Å². The van der Waals surface area contributed by atoms with Crippen molar-refractivity contribution in [3.8, 4) is 0 Å². The molecule has 4 N–H and O–H groups in total. The number of hydrogen-bond acceptors (Lipinski definition) is 3. The molecule has 0 fully saturated rings. The molecule has 40 valence electrons. The SMILES string of the molecule is Cl.N.O=C([O-])O.[K+]. The second-order valence-electron chi connectivity index (χ2n) is 0.266.